The van der Waals surface area contributed by atoms with E-state index in [4.69, 9.17) is 0 Å². The fourth-order valence-corrected chi connectivity index (χ4v) is 3.64. The van der Waals surface area contributed by atoms with Crippen LogP contribution in [0.15, 0.2) is 24.3 Å². The van der Waals surface area contributed by atoms with E-state index in [0.717, 1.165) is 25.8 Å². The Labute approximate surface area is 102 Å². The zero-order chi connectivity index (χ0) is 11.6. The van der Waals surface area contributed by atoms with Gasteiger partial charge in [0.2, 0.25) is 0 Å². The third kappa shape index (κ3) is 1.13. The van der Waals surface area contributed by atoms with Crippen LogP contribution in [-0.4, -0.2) is 19.4 Å². The van der Waals surface area contributed by atoms with E-state index in [2.05, 4.69) is 36.2 Å². The molecule has 4 rings (SSSR count). The minimum absolute atomic E-state index is 0.0791. The molecule has 0 bridgehead atoms. The van der Waals surface area contributed by atoms with Crippen LogP contribution in [0.4, 0.5) is 5.69 Å². The molecule has 1 heterocycles. The number of para-hydroxylation sites is 1. The Morgan fingerprint density at radius 3 is 2.88 bits per heavy atom. The summed E-state index contributed by atoms with van der Waals surface area (Å²) >= 11 is 0. The van der Waals surface area contributed by atoms with Gasteiger partial charge in [0.05, 0.1) is 5.41 Å². The van der Waals surface area contributed by atoms with E-state index >= 15 is 0 Å². The van der Waals surface area contributed by atoms with Crippen molar-refractivity contribution in [2.75, 3.05) is 18.5 Å². The van der Waals surface area contributed by atoms with Crippen molar-refractivity contribution in [3.8, 4) is 0 Å². The molecule has 17 heavy (non-hydrogen) atoms. The van der Waals surface area contributed by atoms with Crippen LogP contribution in [-0.2, 0) is 10.2 Å². The molecule has 2 fully saturated rings. The molecule has 2 heteroatoms. The van der Waals surface area contributed by atoms with E-state index in [1.165, 1.54) is 11.3 Å². The van der Waals surface area contributed by atoms with Gasteiger partial charge in [-0.1, -0.05) is 18.2 Å². The number of rotatable bonds is 2. The van der Waals surface area contributed by atoms with Crippen LogP contribution in [0.3, 0.4) is 0 Å². The maximum absolute atomic E-state index is 12.6. The number of nitrogens with zero attached hydrogens (tertiary/aromatic N) is 1. The van der Waals surface area contributed by atoms with Crippen LogP contribution in [0.5, 0.6) is 0 Å². The molecule has 0 radical (unpaired) electrons. The monoisotopic (exact) mass is 227 g/mol. The zero-order valence-corrected chi connectivity index (χ0v) is 10.1. The van der Waals surface area contributed by atoms with Gasteiger partial charge in [0.1, 0.15) is 5.78 Å². The lowest BCUT2D eigenvalue weighted by molar-refractivity contribution is -0.123. The molecule has 2 aliphatic carbocycles. The lowest BCUT2D eigenvalue weighted by atomic mass is 9.83. The van der Waals surface area contributed by atoms with Gasteiger partial charge >= 0.3 is 0 Å². The van der Waals surface area contributed by atoms with Crippen molar-refractivity contribution in [1.29, 1.82) is 0 Å². The van der Waals surface area contributed by atoms with E-state index in [1.54, 1.807) is 0 Å². The van der Waals surface area contributed by atoms with Crippen molar-refractivity contribution < 1.29 is 4.79 Å². The van der Waals surface area contributed by atoms with Crippen LogP contribution in [0, 0.1) is 11.8 Å². The first kappa shape index (κ1) is 9.69. The van der Waals surface area contributed by atoms with Gasteiger partial charge in [-0.05, 0) is 36.8 Å². The highest BCUT2D eigenvalue weighted by molar-refractivity contribution is 5.99. The summed E-state index contributed by atoms with van der Waals surface area (Å²) < 4.78 is 0. The molecule has 0 N–H and O–H groups in total. The first-order valence-electron chi connectivity index (χ1n) is 6.58. The third-order valence-corrected chi connectivity index (χ3v) is 4.78. The third-order valence-electron chi connectivity index (χ3n) is 4.78. The highest BCUT2D eigenvalue weighted by atomic mass is 16.1. The minimum Gasteiger partial charge on any atom is -0.374 e. The maximum atomic E-state index is 12.6. The first-order valence-corrected chi connectivity index (χ1v) is 6.58. The van der Waals surface area contributed by atoms with Gasteiger partial charge in [-0.3, -0.25) is 4.79 Å². The summed E-state index contributed by atoms with van der Waals surface area (Å²) in [7, 11) is 2.14. The molecule has 1 aromatic rings. The lowest BCUT2D eigenvalue weighted by Gasteiger charge is -2.32. The van der Waals surface area contributed by atoms with Crippen molar-refractivity contribution in [2.45, 2.75) is 24.7 Å². The number of benzene rings is 1. The van der Waals surface area contributed by atoms with Crippen molar-refractivity contribution in [3.63, 3.8) is 0 Å². The molecule has 0 saturated heterocycles. The topological polar surface area (TPSA) is 20.3 Å². The fraction of sp³-hybridized carbons (Fsp3) is 0.533. The highest BCUT2D eigenvalue weighted by Gasteiger charge is 2.65. The van der Waals surface area contributed by atoms with E-state index in [-0.39, 0.29) is 5.41 Å². The summed E-state index contributed by atoms with van der Waals surface area (Å²) in [5, 5.41) is 0. The lowest BCUT2D eigenvalue weighted by Crippen LogP contribution is -2.36. The van der Waals surface area contributed by atoms with Crippen LogP contribution in [0.2, 0.25) is 0 Å². The standard InChI is InChI=1S/C15H17NO/c1-16-9-11-8-15(11,14(17)10-6-7-10)12-4-2-3-5-13(12)16/h2-5,10-11H,6-9H2,1H3/t11-,15+/m0/s1. The first-order chi connectivity index (χ1) is 8.23. The van der Waals surface area contributed by atoms with Gasteiger partial charge in [-0.15, -0.1) is 0 Å². The Morgan fingerprint density at radius 1 is 1.35 bits per heavy atom. The molecule has 1 aliphatic heterocycles. The van der Waals surface area contributed by atoms with E-state index in [9.17, 15) is 4.79 Å². The van der Waals surface area contributed by atoms with Crippen molar-refractivity contribution in [1.82, 2.24) is 0 Å². The summed E-state index contributed by atoms with van der Waals surface area (Å²) in [6.45, 7) is 1.05. The molecule has 88 valence electrons. The predicted octanol–water partition coefficient (Wildman–Crippen LogP) is 2.37. The fourth-order valence-electron chi connectivity index (χ4n) is 3.64. The van der Waals surface area contributed by atoms with Crippen LogP contribution in [0.25, 0.3) is 0 Å². The smallest absolute Gasteiger partial charge is 0.146 e. The number of carbonyl (C=O) groups excluding carboxylic acids is 1. The van der Waals surface area contributed by atoms with Crippen LogP contribution >= 0.6 is 0 Å². The van der Waals surface area contributed by atoms with Gasteiger partial charge in [0, 0.05) is 25.2 Å². The molecular formula is C15H17NO. The number of ketones is 1. The van der Waals surface area contributed by atoms with Gasteiger partial charge in [0.25, 0.3) is 0 Å². The normalized spacial score (nSPS) is 33.9. The Kier molecular flexibility index (Phi) is 1.67. The van der Waals surface area contributed by atoms with Gasteiger partial charge < -0.3 is 4.90 Å². The number of Topliss-reactive ketones (excluding diaryl/α,β-unsaturated/α-hetero) is 1. The van der Waals surface area contributed by atoms with Crippen LogP contribution in [0.1, 0.15) is 24.8 Å². The molecular weight excluding hydrogens is 210 g/mol. The summed E-state index contributed by atoms with van der Waals surface area (Å²) in [5.41, 5.74) is 2.50. The second-order valence-electron chi connectivity index (χ2n) is 5.91. The van der Waals surface area contributed by atoms with Gasteiger partial charge in [-0.2, -0.15) is 0 Å². The van der Waals surface area contributed by atoms with E-state index in [0.29, 0.717) is 17.6 Å². The second-order valence-corrected chi connectivity index (χ2v) is 5.91. The van der Waals surface area contributed by atoms with E-state index < -0.39 is 0 Å². The molecule has 3 aliphatic rings. The van der Waals surface area contributed by atoms with Crippen molar-refractivity contribution >= 4 is 11.5 Å². The number of hydrogen-bond acceptors (Lipinski definition) is 2. The number of anilines is 1. The van der Waals surface area contributed by atoms with Crippen LogP contribution < -0.4 is 4.90 Å². The average Bonchev–Trinajstić information content (AvgIpc) is 3.23. The largest absolute Gasteiger partial charge is 0.374 e. The Balaban J connectivity index is 1.85. The molecule has 0 unspecified atom stereocenters. The SMILES string of the molecule is CN1C[C@@H]2C[C@]2(C(=O)C2CC2)c2ccccc21. The Morgan fingerprint density at radius 2 is 2.12 bits per heavy atom. The Bertz CT molecular complexity index is 505. The summed E-state index contributed by atoms with van der Waals surface area (Å²) in [6.07, 6.45) is 3.35. The highest BCUT2D eigenvalue weighted by Crippen LogP contribution is 2.62. The number of carbonyl (C=O) groups is 1. The quantitative estimate of drug-likeness (QED) is 0.773. The molecule has 0 aromatic heterocycles. The zero-order valence-electron chi connectivity index (χ0n) is 10.1. The molecule has 2 nitrogen and oxygen atoms in total. The van der Waals surface area contributed by atoms with Crippen molar-refractivity contribution in [2.24, 2.45) is 11.8 Å². The van der Waals surface area contributed by atoms with Crippen molar-refractivity contribution in [3.05, 3.63) is 29.8 Å². The molecule has 0 spiro atoms. The maximum Gasteiger partial charge on any atom is 0.146 e. The second kappa shape index (κ2) is 2.92. The summed E-state index contributed by atoms with van der Waals surface area (Å²) in [5.74, 6) is 1.51. The molecule has 0 amide bonds. The number of fused-ring (bicyclic) bond motifs is 3. The molecule has 1 aromatic carbocycles. The molecule has 2 atom stereocenters. The Hall–Kier alpha value is -1.31. The predicted molar refractivity (Wildman–Crippen MR) is 67.2 cm³/mol. The van der Waals surface area contributed by atoms with E-state index in [1.807, 2.05) is 0 Å². The summed E-state index contributed by atoms with van der Waals surface area (Å²) in [6, 6.07) is 8.49. The van der Waals surface area contributed by atoms with Gasteiger partial charge in [-0.25, -0.2) is 0 Å². The minimum atomic E-state index is -0.0791. The number of hydrogen-bond donors (Lipinski definition) is 0. The molecule has 2 saturated carbocycles. The van der Waals surface area contributed by atoms with Gasteiger partial charge in [0.15, 0.2) is 0 Å². The summed E-state index contributed by atoms with van der Waals surface area (Å²) in [4.78, 5) is 14.9. The average molecular weight is 227 g/mol.